The minimum absolute atomic E-state index is 0.0112. The Kier molecular flexibility index (Phi) is 7.29. The van der Waals surface area contributed by atoms with Crippen LogP contribution in [0.4, 0.5) is 4.79 Å². The number of esters is 1. The number of carbonyl (C=O) groups is 3. The summed E-state index contributed by atoms with van der Waals surface area (Å²) >= 11 is 0. The summed E-state index contributed by atoms with van der Waals surface area (Å²) in [5, 5.41) is 2.45. The summed E-state index contributed by atoms with van der Waals surface area (Å²) in [6, 6.07) is -0.861. The van der Waals surface area contributed by atoms with Gasteiger partial charge in [0.25, 0.3) is 0 Å². The lowest BCUT2D eigenvalue weighted by Gasteiger charge is -2.23. The highest BCUT2D eigenvalue weighted by molar-refractivity contribution is 5.96. The van der Waals surface area contributed by atoms with Gasteiger partial charge in [-0.25, -0.2) is 4.79 Å². The van der Waals surface area contributed by atoms with Gasteiger partial charge in [-0.3, -0.25) is 9.59 Å². The Labute approximate surface area is 132 Å². The first-order valence-corrected chi connectivity index (χ1v) is 7.21. The van der Waals surface area contributed by atoms with Gasteiger partial charge in [-0.1, -0.05) is 6.58 Å². The van der Waals surface area contributed by atoms with Crippen molar-refractivity contribution in [2.75, 3.05) is 0 Å². The van der Waals surface area contributed by atoms with Crippen molar-refractivity contribution in [3.8, 4) is 0 Å². The van der Waals surface area contributed by atoms with E-state index in [9.17, 15) is 14.4 Å². The topological polar surface area (TPSA) is 81.7 Å². The zero-order valence-corrected chi connectivity index (χ0v) is 14.3. The van der Waals surface area contributed by atoms with E-state index >= 15 is 0 Å². The Morgan fingerprint density at radius 1 is 1.05 bits per heavy atom. The third-order valence-corrected chi connectivity index (χ3v) is 2.29. The van der Waals surface area contributed by atoms with Crippen LogP contribution >= 0.6 is 0 Å². The van der Waals surface area contributed by atoms with Gasteiger partial charge in [0.05, 0.1) is 6.04 Å². The van der Waals surface area contributed by atoms with Crippen LogP contribution in [0.5, 0.6) is 0 Å². The monoisotopic (exact) mass is 313 g/mol. The Balaban J connectivity index is 4.61. The van der Waals surface area contributed by atoms with Gasteiger partial charge in [0.1, 0.15) is 11.2 Å². The number of hydrogen-bond acceptors (Lipinski definition) is 5. The van der Waals surface area contributed by atoms with Gasteiger partial charge >= 0.3 is 12.1 Å². The highest BCUT2D eigenvalue weighted by atomic mass is 16.6. The third kappa shape index (κ3) is 9.96. The lowest BCUT2D eigenvalue weighted by atomic mass is 10.1. The van der Waals surface area contributed by atoms with Crippen molar-refractivity contribution in [1.82, 2.24) is 5.32 Å². The summed E-state index contributed by atoms with van der Waals surface area (Å²) in [4.78, 5) is 35.2. The Morgan fingerprint density at radius 2 is 1.55 bits per heavy atom. The second kappa shape index (κ2) is 7.96. The van der Waals surface area contributed by atoms with E-state index in [-0.39, 0.29) is 18.6 Å². The average molecular weight is 313 g/mol. The van der Waals surface area contributed by atoms with Crippen molar-refractivity contribution < 1.29 is 23.9 Å². The molecule has 0 saturated heterocycles. The number of amides is 1. The first-order chi connectivity index (χ1) is 9.84. The molecule has 0 rings (SSSR count). The van der Waals surface area contributed by atoms with E-state index in [0.29, 0.717) is 0 Å². The van der Waals surface area contributed by atoms with E-state index in [1.54, 1.807) is 41.5 Å². The normalized spacial score (nSPS) is 13.0. The van der Waals surface area contributed by atoms with Gasteiger partial charge in [0.15, 0.2) is 5.78 Å². The largest absolute Gasteiger partial charge is 0.460 e. The van der Waals surface area contributed by atoms with Crippen molar-refractivity contribution >= 4 is 17.8 Å². The molecule has 6 heteroatoms. The minimum Gasteiger partial charge on any atom is -0.460 e. The Hall–Kier alpha value is -1.85. The summed E-state index contributed by atoms with van der Waals surface area (Å²) in [6.45, 7) is 13.8. The summed E-state index contributed by atoms with van der Waals surface area (Å²) in [6.07, 6.45) is 0.532. The first kappa shape index (κ1) is 20.1. The molecule has 0 unspecified atom stereocenters. The van der Waals surface area contributed by atoms with Crippen LogP contribution in [0.15, 0.2) is 12.7 Å². The number of carbonyl (C=O) groups excluding carboxylic acids is 3. The predicted molar refractivity (Wildman–Crippen MR) is 83.4 cm³/mol. The molecule has 1 atom stereocenters. The maximum Gasteiger partial charge on any atom is 0.408 e. The van der Waals surface area contributed by atoms with Gasteiger partial charge < -0.3 is 14.8 Å². The smallest absolute Gasteiger partial charge is 0.408 e. The molecule has 0 aromatic rings. The molecular formula is C16H27NO5. The molecule has 22 heavy (non-hydrogen) atoms. The number of ether oxygens (including phenoxy) is 2. The summed E-state index contributed by atoms with van der Waals surface area (Å²) in [5.74, 6) is -0.810. The fourth-order valence-electron chi connectivity index (χ4n) is 1.53. The highest BCUT2D eigenvalue weighted by Gasteiger charge is 2.24. The molecule has 0 fully saturated rings. The maximum atomic E-state index is 11.8. The van der Waals surface area contributed by atoms with Crippen LogP contribution in [0, 0.1) is 0 Å². The second-order valence-electron chi connectivity index (χ2n) is 6.93. The molecule has 1 amide bonds. The molecule has 0 heterocycles. The molecule has 0 aliphatic carbocycles. The molecular weight excluding hydrogens is 286 g/mol. The average Bonchev–Trinajstić information content (AvgIpc) is 2.28. The van der Waals surface area contributed by atoms with E-state index < -0.39 is 29.3 Å². The minimum atomic E-state index is -0.861. The van der Waals surface area contributed by atoms with Crippen LogP contribution in [0.2, 0.25) is 0 Å². The van der Waals surface area contributed by atoms with E-state index in [4.69, 9.17) is 9.47 Å². The molecule has 1 N–H and O–H groups in total. The second-order valence-corrected chi connectivity index (χ2v) is 6.93. The van der Waals surface area contributed by atoms with Crippen molar-refractivity contribution in [2.45, 2.75) is 71.6 Å². The van der Waals surface area contributed by atoms with E-state index in [1.165, 1.54) is 0 Å². The molecule has 0 spiro atoms. The lowest BCUT2D eigenvalue weighted by Crippen LogP contribution is -2.43. The van der Waals surface area contributed by atoms with Crippen LogP contribution in [0.3, 0.4) is 0 Å². The van der Waals surface area contributed by atoms with E-state index in [2.05, 4.69) is 11.9 Å². The van der Waals surface area contributed by atoms with Crippen molar-refractivity contribution in [2.24, 2.45) is 0 Å². The van der Waals surface area contributed by atoms with Crippen molar-refractivity contribution in [3.63, 3.8) is 0 Å². The van der Waals surface area contributed by atoms with Crippen LogP contribution in [0.25, 0.3) is 0 Å². The summed E-state index contributed by atoms with van der Waals surface area (Å²) in [5.41, 5.74) is -1.26. The zero-order chi connectivity index (χ0) is 17.6. The van der Waals surface area contributed by atoms with Gasteiger partial charge in [-0.2, -0.15) is 0 Å². The van der Waals surface area contributed by atoms with E-state index in [0.717, 1.165) is 6.08 Å². The van der Waals surface area contributed by atoms with Gasteiger partial charge in [-0.05, 0) is 54.0 Å². The molecule has 0 saturated carbocycles. The SMILES string of the molecule is C=CC(=O)[C@H](CCC(=O)OC(C)(C)C)NC(=O)OC(C)(C)C. The summed E-state index contributed by atoms with van der Waals surface area (Å²) < 4.78 is 10.3. The fourth-order valence-corrected chi connectivity index (χ4v) is 1.53. The number of rotatable bonds is 6. The fraction of sp³-hybridized carbons (Fsp3) is 0.688. The Morgan fingerprint density at radius 3 is 1.95 bits per heavy atom. The summed E-state index contributed by atoms with van der Waals surface area (Å²) in [7, 11) is 0. The van der Waals surface area contributed by atoms with E-state index in [1.807, 2.05) is 0 Å². The number of ketones is 1. The van der Waals surface area contributed by atoms with Gasteiger partial charge in [0.2, 0.25) is 0 Å². The van der Waals surface area contributed by atoms with Crippen molar-refractivity contribution in [1.29, 1.82) is 0 Å². The Bertz CT molecular complexity index is 429. The molecule has 0 radical (unpaired) electrons. The molecule has 0 aliphatic heterocycles. The van der Waals surface area contributed by atoms with Crippen molar-refractivity contribution in [3.05, 3.63) is 12.7 Å². The molecule has 0 aromatic carbocycles. The first-order valence-electron chi connectivity index (χ1n) is 7.21. The van der Waals surface area contributed by atoms with Gasteiger partial charge in [-0.15, -0.1) is 0 Å². The highest BCUT2D eigenvalue weighted by Crippen LogP contribution is 2.11. The standard InChI is InChI=1S/C16H27NO5/c1-8-12(18)11(17-14(20)22-16(5,6)7)9-10-13(19)21-15(2,3)4/h8,11H,1,9-10H2,2-7H3,(H,17,20)/t11-/m0/s1. The lowest BCUT2D eigenvalue weighted by molar-refractivity contribution is -0.155. The predicted octanol–water partition coefficient (Wildman–Crippen LogP) is 2.76. The molecule has 0 bridgehead atoms. The molecule has 6 nitrogen and oxygen atoms in total. The molecule has 126 valence electrons. The third-order valence-electron chi connectivity index (χ3n) is 2.29. The number of alkyl carbamates (subject to hydrolysis) is 1. The van der Waals surface area contributed by atoms with Crippen LogP contribution < -0.4 is 5.32 Å². The van der Waals surface area contributed by atoms with Gasteiger partial charge in [0, 0.05) is 6.42 Å². The molecule has 0 aromatic heterocycles. The van der Waals surface area contributed by atoms with Crippen LogP contribution in [0.1, 0.15) is 54.4 Å². The molecule has 0 aliphatic rings. The number of nitrogens with one attached hydrogen (secondary N) is 1. The number of hydrogen-bond donors (Lipinski definition) is 1. The quantitative estimate of drug-likeness (QED) is 0.602. The van der Waals surface area contributed by atoms with Crippen LogP contribution in [-0.2, 0) is 19.1 Å². The zero-order valence-electron chi connectivity index (χ0n) is 14.3. The maximum absolute atomic E-state index is 11.8. The van der Waals surface area contributed by atoms with Crippen LogP contribution in [-0.4, -0.2) is 35.1 Å².